The largest absolute Gasteiger partial charge is 0.497 e. The van der Waals surface area contributed by atoms with Gasteiger partial charge in [-0.05, 0) is 79.9 Å². The first-order valence-corrected chi connectivity index (χ1v) is 15.5. The van der Waals surface area contributed by atoms with Crippen LogP contribution in [-0.2, 0) is 26.2 Å². The predicted octanol–water partition coefficient (Wildman–Crippen LogP) is 5.27. The maximum atomic E-state index is 14.2. The third kappa shape index (κ3) is 8.17. The number of rotatable bonds is 14. The number of carbonyl (C=O) groups is 2. The molecule has 0 fully saturated rings. The van der Waals surface area contributed by atoms with Crippen molar-refractivity contribution < 1.29 is 27.5 Å². The summed E-state index contributed by atoms with van der Waals surface area (Å²) in [5.41, 5.74) is 0.940. The first-order chi connectivity index (χ1) is 20.0. The summed E-state index contributed by atoms with van der Waals surface area (Å²) < 4.78 is 39.5. The number of carbonyl (C=O) groups excluding carboxylic acids is 2. The van der Waals surface area contributed by atoms with Crippen molar-refractivity contribution in [1.82, 2.24) is 10.2 Å². The zero-order valence-electron chi connectivity index (χ0n) is 24.5. The predicted molar refractivity (Wildman–Crippen MR) is 164 cm³/mol. The monoisotopic (exact) mass is 615 g/mol. The first kappa shape index (κ1) is 32.8. The summed E-state index contributed by atoms with van der Waals surface area (Å²) in [5, 5.41) is 3.27. The summed E-state index contributed by atoms with van der Waals surface area (Å²) in [6.07, 6.45) is 1.04. The highest BCUT2D eigenvalue weighted by Gasteiger charge is 2.34. The van der Waals surface area contributed by atoms with E-state index < -0.39 is 28.5 Å². The molecule has 42 heavy (non-hydrogen) atoms. The summed E-state index contributed by atoms with van der Waals surface area (Å²) >= 11 is 6.24. The Labute approximate surface area is 253 Å². The fraction of sp³-hybridized carbons (Fsp3) is 0.355. The fourth-order valence-corrected chi connectivity index (χ4v) is 5.95. The lowest BCUT2D eigenvalue weighted by Gasteiger charge is -2.33. The van der Waals surface area contributed by atoms with E-state index in [2.05, 4.69) is 5.32 Å². The molecule has 2 amide bonds. The average Bonchev–Trinajstić information content (AvgIpc) is 2.99. The number of anilines is 1. The van der Waals surface area contributed by atoms with Gasteiger partial charge in [-0.2, -0.15) is 0 Å². The van der Waals surface area contributed by atoms with Gasteiger partial charge in [-0.25, -0.2) is 8.42 Å². The Morgan fingerprint density at radius 3 is 2.17 bits per heavy atom. The van der Waals surface area contributed by atoms with E-state index in [0.717, 1.165) is 9.87 Å². The molecule has 0 bridgehead atoms. The second-order valence-electron chi connectivity index (χ2n) is 9.78. The van der Waals surface area contributed by atoms with E-state index in [9.17, 15) is 18.0 Å². The molecule has 0 aliphatic rings. The maximum Gasteiger partial charge on any atom is 0.264 e. The van der Waals surface area contributed by atoms with Gasteiger partial charge in [0.1, 0.15) is 24.1 Å². The van der Waals surface area contributed by atoms with Gasteiger partial charge in [0.05, 0.1) is 24.8 Å². The molecule has 0 aliphatic carbocycles. The lowest BCUT2D eigenvalue weighted by Crippen LogP contribution is -2.53. The Bertz CT molecular complexity index is 1470. The molecule has 9 nitrogen and oxygen atoms in total. The molecular weight excluding hydrogens is 578 g/mol. The van der Waals surface area contributed by atoms with Crippen LogP contribution in [0.1, 0.15) is 39.2 Å². The van der Waals surface area contributed by atoms with Gasteiger partial charge < -0.3 is 19.7 Å². The van der Waals surface area contributed by atoms with Crippen molar-refractivity contribution in [3.63, 3.8) is 0 Å². The molecule has 3 aromatic rings. The van der Waals surface area contributed by atoms with E-state index in [4.69, 9.17) is 21.1 Å². The number of halogens is 1. The van der Waals surface area contributed by atoms with Crippen LogP contribution in [0.3, 0.4) is 0 Å². The van der Waals surface area contributed by atoms with Gasteiger partial charge in [-0.3, -0.25) is 13.9 Å². The van der Waals surface area contributed by atoms with E-state index in [1.807, 2.05) is 26.8 Å². The highest BCUT2D eigenvalue weighted by atomic mass is 35.5. The Morgan fingerprint density at radius 2 is 1.57 bits per heavy atom. The minimum atomic E-state index is -4.23. The summed E-state index contributed by atoms with van der Waals surface area (Å²) in [6, 6.07) is 18.4. The lowest BCUT2D eigenvalue weighted by molar-refractivity contribution is -0.140. The average molecular weight is 616 g/mol. The molecule has 0 saturated carbocycles. The van der Waals surface area contributed by atoms with Crippen LogP contribution in [0, 0.1) is 0 Å². The van der Waals surface area contributed by atoms with Crippen molar-refractivity contribution in [3.8, 4) is 11.5 Å². The van der Waals surface area contributed by atoms with Gasteiger partial charge in [0.25, 0.3) is 10.0 Å². The zero-order valence-corrected chi connectivity index (χ0v) is 26.1. The van der Waals surface area contributed by atoms with Crippen LogP contribution in [0.15, 0.2) is 77.7 Å². The number of hydrogen-bond donors (Lipinski definition) is 1. The van der Waals surface area contributed by atoms with Gasteiger partial charge in [-0.1, -0.05) is 43.6 Å². The zero-order chi connectivity index (χ0) is 30.9. The Hall–Kier alpha value is -3.76. The van der Waals surface area contributed by atoms with Crippen molar-refractivity contribution >= 4 is 39.1 Å². The number of nitrogens with one attached hydrogen (secondary N) is 1. The van der Waals surface area contributed by atoms with Crippen molar-refractivity contribution in [2.45, 2.75) is 57.1 Å². The minimum Gasteiger partial charge on any atom is -0.497 e. The van der Waals surface area contributed by atoms with Crippen LogP contribution >= 0.6 is 11.6 Å². The lowest BCUT2D eigenvalue weighted by atomic mass is 10.1. The van der Waals surface area contributed by atoms with Crippen LogP contribution in [0.25, 0.3) is 0 Å². The number of ether oxygens (including phenoxy) is 2. The molecule has 0 radical (unpaired) electrons. The third-order valence-corrected chi connectivity index (χ3v) is 8.92. The van der Waals surface area contributed by atoms with Crippen LogP contribution < -0.4 is 19.1 Å². The second kappa shape index (κ2) is 14.9. The van der Waals surface area contributed by atoms with E-state index in [1.165, 1.54) is 42.3 Å². The molecule has 0 unspecified atom stereocenters. The number of benzene rings is 3. The van der Waals surface area contributed by atoms with Gasteiger partial charge in [0, 0.05) is 17.6 Å². The Balaban J connectivity index is 2.07. The van der Waals surface area contributed by atoms with Crippen LogP contribution in [0.5, 0.6) is 11.5 Å². The number of hydrogen-bond acceptors (Lipinski definition) is 6. The van der Waals surface area contributed by atoms with Crippen LogP contribution in [0.2, 0.25) is 5.02 Å². The molecule has 0 heterocycles. The summed E-state index contributed by atoms with van der Waals surface area (Å²) in [5.74, 6) is 0.220. The molecule has 3 rings (SSSR count). The SMILES string of the molecule is CC[C@@H](C)NC(=O)[C@@H](CC)N(Cc1cccc(OC)c1)C(=O)CN(c1cccc(Cl)c1)S(=O)(=O)c1ccc(OC)cc1. The minimum absolute atomic E-state index is 0.0306. The van der Waals surface area contributed by atoms with E-state index in [1.54, 1.807) is 43.5 Å². The summed E-state index contributed by atoms with van der Waals surface area (Å²) in [4.78, 5) is 28.9. The van der Waals surface area contributed by atoms with Gasteiger partial charge in [0.15, 0.2) is 0 Å². The quantitative estimate of drug-likeness (QED) is 0.265. The molecule has 0 spiro atoms. The van der Waals surface area contributed by atoms with Crippen molar-refractivity contribution in [2.75, 3.05) is 25.1 Å². The molecule has 0 aliphatic heterocycles. The third-order valence-electron chi connectivity index (χ3n) is 6.90. The van der Waals surface area contributed by atoms with Crippen LogP contribution in [-0.4, -0.2) is 58.0 Å². The summed E-state index contributed by atoms with van der Waals surface area (Å²) in [6.45, 7) is 5.16. The van der Waals surface area contributed by atoms with Crippen LogP contribution in [0.4, 0.5) is 5.69 Å². The smallest absolute Gasteiger partial charge is 0.264 e. The van der Waals surface area contributed by atoms with Gasteiger partial charge >= 0.3 is 0 Å². The summed E-state index contributed by atoms with van der Waals surface area (Å²) in [7, 11) is -1.20. The Morgan fingerprint density at radius 1 is 0.905 bits per heavy atom. The van der Waals surface area contributed by atoms with E-state index >= 15 is 0 Å². The van der Waals surface area contributed by atoms with Gasteiger partial charge in [0.2, 0.25) is 11.8 Å². The highest BCUT2D eigenvalue weighted by molar-refractivity contribution is 7.92. The molecule has 226 valence electrons. The number of amides is 2. The maximum absolute atomic E-state index is 14.2. The fourth-order valence-electron chi connectivity index (χ4n) is 4.36. The first-order valence-electron chi connectivity index (χ1n) is 13.7. The molecule has 3 aromatic carbocycles. The van der Waals surface area contributed by atoms with E-state index in [0.29, 0.717) is 29.4 Å². The Kier molecular flexibility index (Phi) is 11.6. The van der Waals surface area contributed by atoms with Gasteiger partial charge in [-0.15, -0.1) is 0 Å². The number of nitrogens with zero attached hydrogens (tertiary/aromatic N) is 2. The van der Waals surface area contributed by atoms with Crippen molar-refractivity contribution in [2.24, 2.45) is 0 Å². The highest BCUT2D eigenvalue weighted by Crippen LogP contribution is 2.28. The molecule has 1 N–H and O–H groups in total. The second-order valence-corrected chi connectivity index (χ2v) is 12.1. The molecule has 2 atom stereocenters. The molecular formula is C31H38ClN3O6S. The topological polar surface area (TPSA) is 105 Å². The normalized spacial score (nSPS) is 12.6. The van der Waals surface area contributed by atoms with Crippen molar-refractivity contribution in [3.05, 3.63) is 83.4 Å². The molecule has 11 heteroatoms. The molecule has 0 aromatic heterocycles. The standard InChI is InChI=1S/C31H38ClN3O6S/c1-6-22(3)33-31(37)29(7-2)34(20-23-10-8-13-27(18-23)41-5)30(36)21-35(25-12-9-11-24(32)19-25)42(38,39)28-16-14-26(40-4)15-17-28/h8-19,22,29H,6-7,20-21H2,1-5H3,(H,33,37)/t22-,29-/m1/s1. The molecule has 0 saturated heterocycles. The number of methoxy groups -OCH3 is 2. The van der Waals surface area contributed by atoms with Crippen molar-refractivity contribution in [1.29, 1.82) is 0 Å². The number of sulfonamides is 1. The van der Waals surface area contributed by atoms with E-state index in [-0.39, 0.29) is 29.1 Å².